The second-order valence-electron chi connectivity index (χ2n) is 3.60. The number of carbonyl (C=O) groups excluding carboxylic acids is 2. The molecule has 1 aliphatic rings. The van der Waals surface area contributed by atoms with Gasteiger partial charge in [0.05, 0.1) is 5.56 Å². The average molecular weight is 226 g/mol. The second-order valence-corrected chi connectivity index (χ2v) is 3.60. The lowest BCUT2D eigenvalue weighted by Gasteiger charge is -2.22. The van der Waals surface area contributed by atoms with Crippen LogP contribution in [0.25, 0.3) is 0 Å². The van der Waals surface area contributed by atoms with E-state index in [2.05, 4.69) is 0 Å². The van der Waals surface area contributed by atoms with E-state index in [-0.39, 0.29) is 23.3 Å². The number of hydrogen-bond donors (Lipinski definition) is 0. The second kappa shape index (κ2) is 3.66. The zero-order valence-corrected chi connectivity index (χ0v) is 8.42. The highest BCUT2D eigenvalue weighted by Crippen LogP contribution is 2.25. The van der Waals surface area contributed by atoms with Crippen LogP contribution in [-0.4, -0.2) is 17.9 Å². The third-order valence-electron chi connectivity index (χ3n) is 2.51. The molecule has 0 aromatic heterocycles. The van der Waals surface area contributed by atoms with Crippen LogP contribution >= 0.6 is 0 Å². The Balaban J connectivity index is 2.51. The van der Waals surface area contributed by atoms with E-state index in [9.17, 15) is 18.4 Å². The highest BCUT2D eigenvalue weighted by molar-refractivity contribution is 5.95. The standard InChI is InChI=1S/C11H8F2O3/c1-5(14)9-4-7-6(11(15)16-9)2-3-8(12)10(7)13/h2-3,9H,4H2,1H3. The Morgan fingerprint density at radius 1 is 1.44 bits per heavy atom. The Kier molecular flexibility index (Phi) is 2.46. The van der Waals surface area contributed by atoms with Crippen molar-refractivity contribution in [1.29, 1.82) is 0 Å². The molecule has 1 aromatic rings. The van der Waals surface area contributed by atoms with Gasteiger partial charge in [-0.1, -0.05) is 0 Å². The predicted molar refractivity (Wildman–Crippen MR) is 49.9 cm³/mol. The monoisotopic (exact) mass is 226 g/mol. The molecule has 3 nitrogen and oxygen atoms in total. The quantitative estimate of drug-likeness (QED) is 0.683. The van der Waals surface area contributed by atoms with Gasteiger partial charge >= 0.3 is 5.97 Å². The average Bonchev–Trinajstić information content (AvgIpc) is 2.23. The Labute approximate surface area is 90.0 Å². The molecule has 84 valence electrons. The highest BCUT2D eigenvalue weighted by Gasteiger charge is 2.32. The van der Waals surface area contributed by atoms with Gasteiger partial charge in [-0.15, -0.1) is 0 Å². The maximum atomic E-state index is 13.4. The van der Waals surface area contributed by atoms with Gasteiger partial charge in [-0.05, 0) is 19.1 Å². The van der Waals surface area contributed by atoms with E-state index in [1.54, 1.807) is 0 Å². The maximum absolute atomic E-state index is 13.4. The molecule has 16 heavy (non-hydrogen) atoms. The molecule has 0 amide bonds. The number of ketones is 1. The zero-order chi connectivity index (χ0) is 11.9. The van der Waals surface area contributed by atoms with Crippen LogP contribution in [0, 0.1) is 11.6 Å². The molecule has 0 saturated carbocycles. The molecule has 0 fully saturated rings. The van der Waals surface area contributed by atoms with Gasteiger partial charge in [0.15, 0.2) is 23.5 Å². The number of benzene rings is 1. The Bertz CT molecular complexity index is 482. The fraction of sp³-hybridized carbons (Fsp3) is 0.273. The Morgan fingerprint density at radius 3 is 2.75 bits per heavy atom. The van der Waals surface area contributed by atoms with Crippen LogP contribution in [0.15, 0.2) is 12.1 Å². The number of fused-ring (bicyclic) bond motifs is 1. The van der Waals surface area contributed by atoms with Crippen molar-refractivity contribution < 1.29 is 23.1 Å². The van der Waals surface area contributed by atoms with E-state index in [4.69, 9.17) is 4.74 Å². The van der Waals surface area contributed by atoms with Crippen molar-refractivity contribution in [2.75, 3.05) is 0 Å². The largest absolute Gasteiger partial charge is 0.450 e. The lowest BCUT2D eigenvalue weighted by atomic mass is 9.96. The molecular formula is C11H8F2O3. The number of cyclic esters (lactones) is 1. The number of esters is 1. The van der Waals surface area contributed by atoms with Crippen molar-refractivity contribution in [2.45, 2.75) is 19.4 Å². The minimum absolute atomic E-state index is 0.0172. The summed E-state index contributed by atoms with van der Waals surface area (Å²) in [5.41, 5.74) is -0.104. The number of Topliss-reactive ketones (excluding diaryl/α,β-unsaturated/α-hetero) is 1. The fourth-order valence-corrected chi connectivity index (χ4v) is 1.63. The number of carbonyl (C=O) groups is 2. The van der Waals surface area contributed by atoms with Crippen molar-refractivity contribution in [2.24, 2.45) is 0 Å². The lowest BCUT2D eigenvalue weighted by Crippen LogP contribution is -2.33. The van der Waals surface area contributed by atoms with Gasteiger partial charge in [0, 0.05) is 12.0 Å². The molecule has 5 heteroatoms. The molecule has 1 atom stereocenters. The lowest BCUT2D eigenvalue weighted by molar-refractivity contribution is -0.125. The molecule has 0 radical (unpaired) electrons. The summed E-state index contributed by atoms with van der Waals surface area (Å²) in [6.07, 6.45) is -1.13. The summed E-state index contributed by atoms with van der Waals surface area (Å²) in [5.74, 6) is -3.29. The Hall–Kier alpha value is -1.78. The molecule has 1 aliphatic heterocycles. The SMILES string of the molecule is CC(=O)C1Cc2c(ccc(F)c2F)C(=O)O1. The highest BCUT2D eigenvalue weighted by atomic mass is 19.2. The zero-order valence-electron chi connectivity index (χ0n) is 8.42. The van der Waals surface area contributed by atoms with Crippen LogP contribution in [0.4, 0.5) is 8.78 Å². The van der Waals surface area contributed by atoms with Gasteiger partial charge in [-0.3, -0.25) is 4.79 Å². The first-order valence-electron chi connectivity index (χ1n) is 4.69. The molecule has 2 rings (SSSR count). The molecule has 1 heterocycles. The van der Waals surface area contributed by atoms with Gasteiger partial charge in [0.2, 0.25) is 0 Å². The number of rotatable bonds is 1. The third kappa shape index (κ3) is 1.58. The molecule has 0 aliphatic carbocycles. The van der Waals surface area contributed by atoms with Crippen LogP contribution in [-0.2, 0) is 16.0 Å². The summed E-state index contributed by atoms with van der Waals surface area (Å²) in [4.78, 5) is 22.5. The first-order valence-corrected chi connectivity index (χ1v) is 4.69. The van der Waals surface area contributed by atoms with Crippen LogP contribution in [0.5, 0.6) is 0 Å². The smallest absolute Gasteiger partial charge is 0.339 e. The van der Waals surface area contributed by atoms with Crippen molar-refractivity contribution in [3.05, 3.63) is 34.9 Å². The van der Waals surface area contributed by atoms with Crippen molar-refractivity contribution >= 4 is 11.8 Å². The molecule has 0 bridgehead atoms. The van der Waals surface area contributed by atoms with Crippen molar-refractivity contribution in [3.63, 3.8) is 0 Å². The first kappa shape index (κ1) is 10.7. The molecule has 0 spiro atoms. The van der Waals surface area contributed by atoms with Gasteiger partial charge in [0.1, 0.15) is 0 Å². The van der Waals surface area contributed by atoms with Gasteiger partial charge in [-0.2, -0.15) is 0 Å². The molecule has 0 N–H and O–H groups in total. The summed E-state index contributed by atoms with van der Waals surface area (Å²) < 4.78 is 31.1. The number of halogens is 2. The van der Waals surface area contributed by atoms with Crippen LogP contribution in [0.2, 0.25) is 0 Å². The third-order valence-corrected chi connectivity index (χ3v) is 2.51. The molecule has 1 unspecified atom stereocenters. The summed E-state index contributed by atoms with van der Waals surface area (Å²) in [5, 5.41) is 0. The fourth-order valence-electron chi connectivity index (χ4n) is 1.63. The first-order chi connectivity index (χ1) is 7.50. The molecule has 1 aromatic carbocycles. The normalized spacial score (nSPS) is 18.9. The minimum Gasteiger partial charge on any atom is -0.450 e. The van der Waals surface area contributed by atoms with E-state index in [1.165, 1.54) is 6.92 Å². The number of hydrogen-bond acceptors (Lipinski definition) is 3. The van der Waals surface area contributed by atoms with E-state index in [1.807, 2.05) is 0 Å². The van der Waals surface area contributed by atoms with E-state index < -0.39 is 23.7 Å². The summed E-state index contributed by atoms with van der Waals surface area (Å²) in [7, 11) is 0. The predicted octanol–water partition coefficient (Wildman–Crippen LogP) is 1.64. The number of ether oxygens (including phenoxy) is 1. The molecular weight excluding hydrogens is 218 g/mol. The van der Waals surface area contributed by atoms with Crippen molar-refractivity contribution in [1.82, 2.24) is 0 Å². The van der Waals surface area contributed by atoms with E-state index >= 15 is 0 Å². The van der Waals surface area contributed by atoms with E-state index in [0.717, 1.165) is 12.1 Å². The minimum atomic E-state index is -1.08. The van der Waals surface area contributed by atoms with Crippen LogP contribution in [0.1, 0.15) is 22.8 Å². The van der Waals surface area contributed by atoms with Gasteiger partial charge in [0.25, 0.3) is 0 Å². The van der Waals surface area contributed by atoms with Crippen molar-refractivity contribution in [3.8, 4) is 0 Å². The van der Waals surface area contributed by atoms with Gasteiger partial charge in [-0.25, -0.2) is 13.6 Å². The van der Waals surface area contributed by atoms with Crippen LogP contribution < -0.4 is 0 Å². The maximum Gasteiger partial charge on any atom is 0.339 e. The topological polar surface area (TPSA) is 43.4 Å². The summed E-state index contributed by atoms with van der Waals surface area (Å²) in [6.45, 7) is 1.24. The summed E-state index contributed by atoms with van der Waals surface area (Å²) in [6, 6.07) is 2.02. The van der Waals surface area contributed by atoms with E-state index in [0.29, 0.717) is 0 Å². The summed E-state index contributed by atoms with van der Waals surface area (Å²) >= 11 is 0. The van der Waals surface area contributed by atoms with Crippen LogP contribution in [0.3, 0.4) is 0 Å². The molecule has 0 saturated heterocycles. The van der Waals surface area contributed by atoms with Gasteiger partial charge < -0.3 is 4.74 Å². The Morgan fingerprint density at radius 2 is 2.12 bits per heavy atom.